The molecule has 2 aliphatic heterocycles. The van der Waals surface area contributed by atoms with Crippen molar-refractivity contribution in [2.75, 3.05) is 14.2 Å². The second kappa shape index (κ2) is 7.31. The van der Waals surface area contributed by atoms with E-state index in [1.165, 1.54) is 0 Å². The average Bonchev–Trinajstić information content (AvgIpc) is 2.48. The molecule has 0 spiro atoms. The first-order valence-corrected chi connectivity index (χ1v) is 6.73. The Morgan fingerprint density at radius 1 is 0.800 bits per heavy atom. The lowest BCUT2D eigenvalue weighted by atomic mass is 9.99. The number of aliphatic hydroxyl groups is 2. The van der Waals surface area contributed by atoms with Crippen LogP contribution in [0.3, 0.4) is 0 Å². The Balaban J connectivity index is 1.85. The molecule has 2 rings (SSSR count). The van der Waals surface area contributed by atoms with E-state index >= 15 is 0 Å². The normalized spacial score (nSPS) is 41.0. The van der Waals surface area contributed by atoms with Gasteiger partial charge in [0.2, 0.25) is 0 Å². The number of ether oxygens (including phenoxy) is 4. The maximum Gasteiger partial charge on any atom is 0.177 e. The highest BCUT2D eigenvalue weighted by Crippen LogP contribution is 2.23. The van der Waals surface area contributed by atoms with Crippen LogP contribution in [0.4, 0.5) is 0 Å². The molecular formula is C14H22O6. The maximum absolute atomic E-state index is 9.87. The summed E-state index contributed by atoms with van der Waals surface area (Å²) >= 11 is 0. The van der Waals surface area contributed by atoms with Gasteiger partial charge < -0.3 is 29.2 Å². The van der Waals surface area contributed by atoms with Crippen molar-refractivity contribution in [3.63, 3.8) is 0 Å². The van der Waals surface area contributed by atoms with Crippen molar-refractivity contribution in [2.24, 2.45) is 0 Å². The zero-order valence-electron chi connectivity index (χ0n) is 11.7. The minimum atomic E-state index is -0.670. The first-order chi connectivity index (χ1) is 9.63. The molecular weight excluding hydrogens is 264 g/mol. The van der Waals surface area contributed by atoms with Crippen molar-refractivity contribution < 1.29 is 29.2 Å². The fraction of sp³-hybridized carbons (Fsp3) is 0.714. The molecule has 0 saturated heterocycles. The summed E-state index contributed by atoms with van der Waals surface area (Å²) in [5.74, 6) is 0. The van der Waals surface area contributed by atoms with Gasteiger partial charge >= 0.3 is 0 Å². The molecule has 0 aromatic carbocycles. The van der Waals surface area contributed by atoms with Gasteiger partial charge in [0.15, 0.2) is 12.6 Å². The van der Waals surface area contributed by atoms with Crippen LogP contribution >= 0.6 is 0 Å². The first kappa shape index (κ1) is 15.6. The molecule has 0 fully saturated rings. The van der Waals surface area contributed by atoms with E-state index < -0.39 is 24.8 Å². The molecule has 6 nitrogen and oxygen atoms in total. The molecule has 2 aliphatic rings. The summed E-state index contributed by atoms with van der Waals surface area (Å²) in [4.78, 5) is 0. The summed E-state index contributed by atoms with van der Waals surface area (Å²) in [6, 6.07) is 0. The maximum atomic E-state index is 9.87. The molecule has 6 atom stereocenters. The van der Waals surface area contributed by atoms with Crippen LogP contribution in [0.25, 0.3) is 0 Å². The molecule has 0 saturated carbocycles. The molecule has 114 valence electrons. The van der Waals surface area contributed by atoms with Crippen LogP contribution in [0.5, 0.6) is 0 Å². The Kier molecular flexibility index (Phi) is 5.71. The van der Waals surface area contributed by atoms with E-state index in [1.807, 2.05) is 0 Å². The van der Waals surface area contributed by atoms with Gasteiger partial charge in [0.25, 0.3) is 0 Å². The van der Waals surface area contributed by atoms with Gasteiger partial charge in [-0.2, -0.15) is 0 Å². The quantitative estimate of drug-likeness (QED) is 0.710. The van der Waals surface area contributed by atoms with Gasteiger partial charge in [0.05, 0.1) is 24.4 Å². The van der Waals surface area contributed by atoms with Crippen LogP contribution in [0.2, 0.25) is 0 Å². The summed E-state index contributed by atoms with van der Waals surface area (Å²) in [5.41, 5.74) is 0. The molecule has 0 radical (unpaired) electrons. The smallest absolute Gasteiger partial charge is 0.177 e. The highest BCUT2D eigenvalue weighted by Gasteiger charge is 2.30. The highest BCUT2D eigenvalue weighted by molar-refractivity contribution is 5.02. The van der Waals surface area contributed by atoms with Crippen molar-refractivity contribution >= 4 is 0 Å². The van der Waals surface area contributed by atoms with Crippen molar-refractivity contribution in [1.82, 2.24) is 0 Å². The Morgan fingerprint density at radius 3 is 1.55 bits per heavy atom. The molecule has 0 aromatic heterocycles. The van der Waals surface area contributed by atoms with Crippen molar-refractivity contribution in [2.45, 2.75) is 49.8 Å². The Morgan fingerprint density at radius 2 is 1.20 bits per heavy atom. The lowest BCUT2D eigenvalue weighted by Crippen LogP contribution is -2.40. The van der Waals surface area contributed by atoms with Crippen molar-refractivity contribution in [3.8, 4) is 0 Å². The molecule has 6 heteroatoms. The number of methoxy groups -OCH3 is 2. The topological polar surface area (TPSA) is 77.4 Å². The van der Waals surface area contributed by atoms with E-state index in [4.69, 9.17) is 18.9 Å². The zero-order chi connectivity index (χ0) is 14.5. The standard InChI is InChI=1S/C14H22O6/c1-17-13-7-3-9(15)11(19-13)5-6-12-10(16)4-8-14(18-2)20-12/h3-4,7-16H,5-6H2,1-2H3/t9-,10+,11-,12+,13+,14-. The van der Waals surface area contributed by atoms with E-state index in [9.17, 15) is 10.2 Å². The second-order valence-corrected chi connectivity index (χ2v) is 4.89. The van der Waals surface area contributed by atoms with Crippen LogP contribution in [0.1, 0.15) is 12.8 Å². The van der Waals surface area contributed by atoms with E-state index in [-0.39, 0.29) is 12.2 Å². The Bertz CT molecular complexity index is 322. The van der Waals surface area contributed by atoms with Crippen LogP contribution in [0.15, 0.2) is 24.3 Å². The highest BCUT2D eigenvalue weighted by atomic mass is 16.7. The summed E-state index contributed by atoms with van der Waals surface area (Å²) < 4.78 is 21.3. The number of hydrogen-bond acceptors (Lipinski definition) is 6. The molecule has 0 unspecified atom stereocenters. The Labute approximate surface area is 118 Å². The summed E-state index contributed by atoms with van der Waals surface area (Å²) in [6.07, 6.45) is 4.84. The first-order valence-electron chi connectivity index (χ1n) is 6.73. The minimum Gasteiger partial charge on any atom is -0.386 e. The van der Waals surface area contributed by atoms with Gasteiger partial charge in [-0.1, -0.05) is 12.2 Å². The lowest BCUT2D eigenvalue weighted by Gasteiger charge is -2.32. The van der Waals surface area contributed by atoms with Crippen LogP contribution in [-0.4, -0.2) is 61.4 Å². The van der Waals surface area contributed by atoms with Gasteiger partial charge in [-0.05, 0) is 25.0 Å². The molecule has 0 aliphatic carbocycles. The van der Waals surface area contributed by atoms with E-state index in [0.29, 0.717) is 12.8 Å². The van der Waals surface area contributed by atoms with E-state index in [0.717, 1.165) is 0 Å². The third-order valence-corrected chi connectivity index (χ3v) is 3.51. The van der Waals surface area contributed by atoms with E-state index in [1.54, 1.807) is 38.5 Å². The van der Waals surface area contributed by atoms with Gasteiger partial charge in [0, 0.05) is 14.2 Å². The van der Waals surface area contributed by atoms with Gasteiger partial charge in [-0.15, -0.1) is 0 Å². The van der Waals surface area contributed by atoms with Crippen molar-refractivity contribution in [1.29, 1.82) is 0 Å². The van der Waals surface area contributed by atoms with Crippen molar-refractivity contribution in [3.05, 3.63) is 24.3 Å². The monoisotopic (exact) mass is 286 g/mol. The average molecular weight is 286 g/mol. The Hall–Kier alpha value is -0.760. The third kappa shape index (κ3) is 3.88. The largest absolute Gasteiger partial charge is 0.386 e. The predicted molar refractivity (Wildman–Crippen MR) is 70.9 cm³/mol. The number of aliphatic hydroxyl groups excluding tert-OH is 2. The molecule has 0 aromatic rings. The van der Waals surface area contributed by atoms with Gasteiger partial charge in [-0.25, -0.2) is 0 Å². The fourth-order valence-electron chi connectivity index (χ4n) is 2.33. The second-order valence-electron chi connectivity index (χ2n) is 4.89. The fourth-order valence-corrected chi connectivity index (χ4v) is 2.33. The minimum absolute atomic E-state index is 0.368. The SMILES string of the molecule is CO[C@H]1C=C[C@H](O)[C@H](CC[C@H]2O[C@H](OC)C=C[C@H]2O)O1. The van der Waals surface area contributed by atoms with E-state index in [2.05, 4.69) is 0 Å². The predicted octanol–water partition coefficient (Wildman–Crippen LogP) is 0.343. The molecule has 2 heterocycles. The van der Waals surface area contributed by atoms with Gasteiger partial charge in [0.1, 0.15) is 0 Å². The molecule has 2 N–H and O–H groups in total. The molecule has 0 bridgehead atoms. The molecule has 0 amide bonds. The third-order valence-electron chi connectivity index (χ3n) is 3.51. The summed E-state index contributed by atoms with van der Waals surface area (Å²) in [6.45, 7) is 0. The summed E-state index contributed by atoms with van der Waals surface area (Å²) in [7, 11) is 3.09. The van der Waals surface area contributed by atoms with Gasteiger partial charge in [-0.3, -0.25) is 0 Å². The van der Waals surface area contributed by atoms with Crippen LogP contribution < -0.4 is 0 Å². The number of hydrogen-bond donors (Lipinski definition) is 2. The number of rotatable bonds is 5. The summed E-state index contributed by atoms with van der Waals surface area (Å²) in [5, 5.41) is 19.7. The molecule has 20 heavy (non-hydrogen) atoms. The lowest BCUT2D eigenvalue weighted by molar-refractivity contribution is -0.177. The zero-order valence-corrected chi connectivity index (χ0v) is 11.7. The van der Waals surface area contributed by atoms with Crippen LogP contribution in [-0.2, 0) is 18.9 Å². The van der Waals surface area contributed by atoms with Crippen LogP contribution in [0, 0.1) is 0 Å².